The first-order chi connectivity index (χ1) is 29.5. The summed E-state index contributed by atoms with van der Waals surface area (Å²) in [6.45, 7) is 15.3. The summed E-state index contributed by atoms with van der Waals surface area (Å²) in [6, 6.07) is 0.623. The van der Waals surface area contributed by atoms with Crippen LogP contribution in [0.25, 0.3) is 0 Å². The molecule has 0 heterocycles. The van der Waals surface area contributed by atoms with Crippen LogP contribution in [0.3, 0.4) is 0 Å². The molecule has 1 aliphatic rings. The number of nitrogens with zero attached hydrogens (tertiary/aromatic N) is 3. The van der Waals surface area contributed by atoms with Gasteiger partial charge in [-0.3, -0.25) is 9.59 Å². The number of hydrogen-bond acceptors (Lipinski definition) is 4. The van der Waals surface area contributed by atoms with Crippen molar-refractivity contribution in [1.29, 1.82) is 0 Å². The minimum Gasteiger partial charge on any atom is -0.393 e. The fourth-order valence-corrected chi connectivity index (χ4v) is 9.51. The zero-order valence-corrected chi connectivity index (χ0v) is 41.3. The van der Waals surface area contributed by atoms with E-state index >= 15 is 0 Å². The van der Waals surface area contributed by atoms with Gasteiger partial charge in [-0.1, -0.05) is 195 Å². The van der Waals surface area contributed by atoms with Crippen molar-refractivity contribution in [2.75, 3.05) is 39.3 Å². The molecule has 6 heteroatoms. The molecule has 356 valence electrons. The molecule has 1 saturated carbocycles. The van der Waals surface area contributed by atoms with Gasteiger partial charge in [-0.25, -0.2) is 0 Å². The molecule has 0 saturated heterocycles. The van der Waals surface area contributed by atoms with E-state index in [1.165, 1.54) is 206 Å². The van der Waals surface area contributed by atoms with Gasteiger partial charge in [0.05, 0.1) is 6.10 Å². The van der Waals surface area contributed by atoms with Gasteiger partial charge in [-0.05, 0) is 90.1 Å². The molecule has 0 aliphatic heterocycles. The van der Waals surface area contributed by atoms with Crippen molar-refractivity contribution in [3.8, 4) is 0 Å². The topological polar surface area (TPSA) is 64.1 Å². The van der Waals surface area contributed by atoms with E-state index in [2.05, 4.69) is 42.4 Å². The summed E-state index contributed by atoms with van der Waals surface area (Å²) in [4.78, 5) is 33.8. The highest BCUT2D eigenvalue weighted by Crippen LogP contribution is 2.25. The monoisotopic (exact) mass is 846 g/mol. The van der Waals surface area contributed by atoms with E-state index in [0.717, 1.165) is 90.4 Å². The summed E-state index contributed by atoms with van der Waals surface area (Å²) < 4.78 is 0. The molecule has 60 heavy (non-hydrogen) atoms. The van der Waals surface area contributed by atoms with Crippen LogP contribution in [0.5, 0.6) is 0 Å². The molecule has 0 radical (unpaired) electrons. The lowest BCUT2D eigenvalue weighted by atomic mass is 9.91. The van der Waals surface area contributed by atoms with Crippen molar-refractivity contribution < 1.29 is 14.7 Å². The van der Waals surface area contributed by atoms with Crippen LogP contribution in [-0.2, 0) is 9.59 Å². The van der Waals surface area contributed by atoms with Gasteiger partial charge >= 0.3 is 0 Å². The van der Waals surface area contributed by atoms with Crippen LogP contribution in [0.15, 0.2) is 0 Å². The third-order valence-corrected chi connectivity index (χ3v) is 13.7. The zero-order chi connectivity index (χ0) is 43.6. The van der Waals surface area contributed by atoms with Gasteiger partial charge in [0.2, 0.25) is 11.8 Å². The molecular weight excluding hydrogens is 739 g/mol. The second kappa shape index (κ2) is 43.1. The standard InChI is InChI=1S/C54H107N3O3/c1-5-9-13-17-19-21-27-37-49-56(47-33-15-11-7-3)53(59)39-31-25-23-29-35-45-55(51-41-43-52(58)44-42-51)46-36-30-24-26-32-40-54(60)57(48-34-16-12-8-4)50-38-28-22-20-18-14-10-6-2/h51-52,58H,5-50H2,1-4H3. The molecule has 6 nitrogen and oxygen atoms in total. The Hall–Kier alpha value is -1.14. The van der Waals surface area contributed by atoms with Crippen molar-refractivity contribution in [1.82, 2.24) is 14.7 Å². The fraction of sp³-hybridized carbons (Fsp3) is 0.963. The predicted octanol–water partition coefficient (Wildman–Crippen LogP) is 15.4. The highest BCUT2D eigenvalue weighted by molar-refractivity contribution is 5.76. The summed E-state index contributed by atoms with van der Waals surface area (Å²) >= 11 is 0. The third kappa shape index (κ3) is 33.4. The number of aliphatic hydroxyl groups is 1. The van der Waals surface area contributed by atoms with Crippen molar-refractivity contribution in [2.45, 2.75) is 297 Å². The molecule has 1 rings (SSSR count). The van der Waals surface area contributed by atoms with Crippen molar-refractivity contribution in [2.24, 2.45) is 0 Å². The molecule has 1 N–H and O–H groups in total. The van der Waals surface area contributed by atoms with Crippen LogP contribution in [-0.4, -0.2) is 83.0 Å². The Morgan fingerprint density at radius 2 is 0.600 bits per heavy atom. The lowest BCUT2D eigenvalue weighted by Gasteiger charge is -2.36. The van der Waals surface area contributed by atoms with Crippen LogP contribution in [0.1, 0.15) is 285 Å². The Morgan fingerprint density at radius 1 is 0.350 bits per heavy atom. The summed E-state index contributed by atoms with van der Waals surface area (Å²) in [5.41, 5.74) is 0. The fourth-order valence-electron chi connectivity index (χ4n) is 9.51. The van der Waals surface area contributed by atoms with E-state index in [1.807, 2.05) is 0 Å². The average Bonchev–Trinajstić information content (AvgIpc) is 3.25. The first-order valence-corrected chi connectivity index (χ1v) is 27.4. The number of aliphatic hydroxyl groups excluding tert-OH is 1. The van der Waals surface area contributed by atoms with E-state index in [-0.39, 0.29) is 6.10 Å². The van der Waals surface area contributed by atoms with Gasteiger partial charge in [0.15, 0.2) is 0 Å². The number of carbonyl (C=O) groups excluding carboxylic acids is 2. The Balaban J connectivity index is 2.38. The minimum absolute atomic E-state index is 0.103. The van der Waals surface area contributed by atoms with Crippen LogP contribution >= 0.6 is 0 Å². The first kappa shape index (κ1) is 56.9. The van der Waals surface area contributed by atoms with Gasteiger partial charge in [0.25, 0.3) is 0 Å². The second-order valence-corrected chi connectivity index (χ2v) is 19.4. The van der Waals surface area contributed by atoms with Crippen LogP contribution in [0.2, 0.25) is 0 Å². The normalized spacial score (nSPS) is 15.6. The van der Waals surface area contributed by atoms with Gasteiger partial charge in [-0.15, -0.1) is 0 Å². The van der Waals surface area contributed by atoms with Crippen LogP contribution in [0, 0.1) is 0 Å². The Bertz CT molecular complexity index is 860. The maximum absolute atomic E-state index is 13.3. The molecule has 0 aromatic rings. The van der Waals surface area contributed by atoms with Gasteiger partial charge in [0, 0.05) is 45.1 Å². The third-order valence-electron chi connectivity index (χ3n) is 13.7. The van der Waals surface area contributed by atoms with Crippen LogP contribution < -0.4 is 0 Å². The number of unbranched alkanes of at least 4 members (excludes halogenated alkanes) is 28. The van der Waals surface area contributed by atoms with Gasteiger partial charge < -0.3 is 19.8 Å². The Labute approximate surface area is 375 Å². The van der Waals surface area contributed by atoms with Crippen molar-refractivity contribution >= 4 is 11.8 Å². The lowest BCUT2D eigenvalue weighted by molar-refractivity contribution is -0.132. The molecule has 0 aromatic heterocycles. The van der Waals surface area contributed by atoms with Crippen molar-refractivity contribution in [3.63, 3.8) is 0 Å². The van der Waals surface area contributed by atoms with E-state index in [4.69, 9.17) is 0 Å². The quantitative estimate of drug-likeness (QED) is 0.0620. The maximum Gasteiger partial charge on any atom is 0.222 e. The highest BCUT2D eigenvalue weighted by Gasteiger charge is 2.24. The summed E-state index contributed by atoms with van der Waals surface area (Å²) in [5, 5.41) is 10.2. The molecule has 1 fully saturated rings. The van der Waals surface area contributed by atoms with Crippen molar-refractivity contribution in [3.05, 3.63) is 0 Å². The number of amides is 2. The zero-order valence-electron chi connectivity index (χ0n) is 41.3. The summed E-state index contributed by atoms with van der Waals surface area (Å²) in [5.74, 6) is 0.807. The predicted molar refractivity (Wildman–Crippen MR) is 262 cm³/mol. The molecular formula is C54H107N3O3. The minimum atomic E-state index is -0.103. The summed E-state index contributed by atoms with van der Waals surface area (Å²) in [7, 11) is 0. The SMILES string of the molecule is CCCCCCCCCCN(CCCCCC)C(=O)CCCCCCCN(CCCCCCCC(=O)N(CCCCCC)CCCCCCCCCC)C1CCC(O)CC1. The lowest BCUT2D eigenvalue weighted by Crippen LogP contribution is -2.40. The number of hydrogen-bond donors (Lipinski definition) is 1. The molecule has 1 aliphatic carbocycles. The van der Waals surface area contributed by atoms with E-state index in [1.54, 1.807) is 0 Å². The van der Waals surface area contributed by atoms with E-state index < -0.39 is 0 Å². The highest BCUT2D eigenvalue weighted by atomic mass is 16.3. The van der Waals surface area contributed by atoms with E-state index in [0.29, 0.717) is 17.9 Å². The van der Waals surface area contributed by atoms with E-state index in [9.17, 15) is 14.7 Å². The first-order valence-electron chi connectivity index (χ1n) is 27.4. The molecule has 0 bridgehead atoms. The molecule has 0 atom stereocenters. The Kier molecular flexibility index (Phi) is 40.9. The summed E-state index contributed by atoms with van der Waals surface area (Å²) in [6.07, 6.45) is 48.3. The average molecular weight is 846 g/mol. The van der Waals surface area contributed by atoms with Gasteiger partial charge in [-0.2, -0.15) is 0 Å². The smallest absolute Gasteiger partial charge is 0.222 e. The van der Waals surface area contributed by atoms with Crippen LogP contribution in [0.4, 0.5) is 0 Å². The molecule has 2 amide bonds. The van der Waals surface area contributed by atoms with Gasteiger partial charge in [0.1, 0.15) is 0 Å². The number of rotatable bonds is 45. The largest absolute Gasteiger partial charge is 0.393 e. The number of carbonyl (C=O) groups is 2. The molecule has 0 spiro atoms. The maximum atomic E-state index is 13.3. The Morgan fingerprint density at radius 3 is 0.917 bits per heavy atom. The molecule has 0 unspecified atom stereocenters. The second-order valence-electron chi connectivity index (χ2n) is 19.4. The molecule has 0 aromatic carbocycles.